The van der Waals surface area contributed by atoms with E-state index >= 15 is 0 Å². The third-order valence-corrected chi connectivity index (χ3v) is 3.60. The molecule has 0 aromatic heterocycles. The number of halogens is 1. The summed E-state index contributed by atoms with van der Waals surface area (Å²) < 4.78 is 1.07. The number of hydrogen-bond acceptors (Lipinski definition) is 3. The molecule has 1 aliphatic rings. The molecule has 100 valence electrons. The molecule has 0 saturated heterocycles. The topological polar surface area (TPSA) is 28.0 Å². The van der Waals surface area contributed by atoms with Crippen LogP contribution in [0.3, 0.4) is 0 Å². The smallest absolute Gasteiger partial charge is 0.150 e. The van der Waals surface area contributed by atoms with Crippen LogP contribution >= 0.6 is 15.9 Å². The Bertz CT molecular complexity index is 633. The third-order valence-electron chi connectivity index (χ3n) is 3.07. The number of nitrogens with zero attached hydrogens (tertiary/aromatic N) is 3. The van der Waals surface area contributed by atoms with Crippen molar-refractivity contribution in [3.05, 3.63) is 64.6 Å². The molecule has 1 aliphatic heterocycles. The van der Waals surface area contributed by atoms with Crippen LogP contribution in [0.1, 0.15) is 12.0 Å². The van der Waals surface area contributed by atoms with E-state index in [1.807, 2.05) is 53.7 Å². The Balaban J connectivity index is 1.71. The molecule has 0 spiro atoms. The molecule has 20 heavy (non-hydrogen) atoms. The van der Waals surface area contributed by atoms with Gasteiger partial charge in [-0.25, -0.2) is 4.99 Å². The molecule has 0 N–H and O–H groups in total. The highest BCUT2D eigenvalue weighted by Gasteiger charge is 2.14. The predicted octanol–water partition coefficient (Wildman–Crippen LogP) is 4.09. The molecule has 3 nitrogen and oxygen atoms in total. The largest absolute Gasteiger partial charge is 0.263 e. The Morgan fingerprint density at radius 3 is 2.55 bits per heavy atom. The highest BCUT2D eigenvalue weighted by Crippen LogP contribution is 2.18. The zero-order chi connectivity index (χ0) is 13.8. The van der Waals surface area contributed by atoms with Gasteiger partial charge in [0.1, 0.15) is 0 Å². The lowest BCUT2D eigenvalue weighted by Gasteiger charge is -2.11. The standard InChI is InChI=1S/C16H14BrN3/c17-14-8-6-13(7-9-14)12-18-16-10-11-20(19-16)15-4-2-1-3-5-15/h1-9,12H,10-11H2. The summed E-state index contributed by atoms with van der Waals surface area (Å²) >= 11 is 3.42. The van der Waals surface area contributed by atoms with Crippen LogP contribution in [0.15, 0.2) is 69.2 Å². The Labute approximate surface area is 126 Å². The van der Waals surface area contributed by atoms with Crippen molar-refractivity contribution in [3.63, 3.8) is 0 Å². The second kappa shape index (κ2) is 6.01. The van der Waals surface area contributed by atoms with Gasteiger partial charge in [0.2, 0.25) is 0 Å². The van der Waals surface area contributed by atoms with Gasteiger partial charge in [-0.05, 0) is 29.8 Å². The van der Waals surface area contributed by atoms with E-state index in [4.69, 9.17) is 0 Å². The Hall–Kier alpha value is -1.94. The molecule has 0 fully saturated rings. The SMILES string of the molecule is Brc1ccc(C=NC2=NN(c3ccccc3)CC2)cc1. The van der Waals surface area contributed by atoms with Crippen molar-refractivity contribution in [2.75, 3.05) is 11.6 Å². The van der Waals surface area contributed by atoms with Gasteiger partial charge in [0.25, 0.3) is 0 Å². The normalized spacial score (nSPS) is 14.8. The van der Waals surface area contributed by atoms with E-state index in [1.54, 1.807) is 0 Å². The van der Waals surface area contributed by atoms with E-state index in [1.165, 1.54) is 0 Å². The number of amidine groups is 1. The molecule has 2 aromatic rings. The monoisotopic (exact) mass is 327 g/mol. The molecule has 0 bridgehead atoms. The van der Waals surface area contributed by atoms with Crippen LogP contribution in [0.2, 0.25) is 0 Å². The van der Waals surface area contributed by atoms with Crippen LogP contribution in [-0.4, -0.2) is 18.6 Å². The van der Waals surface area contributed by atoms with E-state index in [0.717, 1.165) is 34.5 Å². The number of rotatable bonds is 2. The molecule has 0 amide bonds. The average molecular weight is 328 g/mol. The molecule has 2 aromatic carbocycles. The summed E-state index contributed by atoms with van der Waals surface area (Å²) in [6, 6.07) is 18.2. The van der Waals surface area contributed by atoms with Gasteiger partial charge in [0.05, 0.1) is 5.69 Å². The summed E-state index contributed by atoms with van der Waals surface area (Å²) in [4.78, 5) is 4.47. The first-order valence-electron chi connectivity index (χ1n) is 6.51. The van der Waals surface area contributed by atoms with Crippen LogP contribution in [0.4, 0.5) is 5.69 Å². The third kappa shape index (κ3) is 3.14. The zero-order valence-electron chi connectivity index (χ0n) is 10.9. The molecule has 1 heterocycles. The van der Waals surface area contributed by atoms with Gasteiger partial charge in [0.15, 0.2) is 5.84 Å². The van der Waals surface area contributed by atoms with Crippen LogP contribution < -0.4 is 5.01 Å². The Morgan fingerprint density at radius 2 is 1.80 bits per heavy atom. The van der Waals surface area contributed by atoms with Gasteiger partial charge in [-0.3, -0.25) is 5.01 Å². The average Bonchev–Trinajstić information content (AvgIpc) is 2.97. The molecule has 0 aliphatic carbocycles. The molecule has 0 atom stereocenters. The summed E-state index contributed by atoms with van der Waals surface area (Å²) in [5, 5.41) is 6.53. The van der Waals surface area contributed by atoms with Gasteiger partial charge in [-0.15, -0.1) is 0 Å². The van der Waals surface area contributed by atoms with E-state index < -0.39 is 0 Å². The van der Waals surface area contributed by atoms with Crippen LogP contribution in [0, 0.1) is 0 Å². The summed E-state index contributed by atoms with van der Waals surface area (Å²) in [6.45, 7) is 0.886. The second-order valence-electron chi connectivity index (χ2n) is 4.53. The summed E-state index contributed by atoms with van der Waals surface area (Å²) in [5.41, 5.74) is 2.19. The van der Waals surface area contributed by atoms with Crippen LogP contribution in [0.25, 0.3) is 0 Å². The quantitative estimate of drug-likeness (QED) is 0.763. The minimum absolute atomic E-state index is 0.872. The Kier molecular flexibility index (Phi) is 3.92. The van der Waals surface area contributed by atoms with Crippen molar-refractivity contribution in [1.29, 1.82) is 0 Å². The van der Waals surface area contributed by atoms with Gasteiger partial charge < -0.3 is 0 Å². The zero-order valence-corrected chi connectivity index (χ0v) is 12.5. The molecule has 0 unspecified atom stereocenters. The second-order valence-corrected chi connectivity index (χ2v) is 5.45. The van der Waals surface area contributed by atoms with Crippen molar-refractivity contribution in [2.24, 2.45) is 10.1 Å². The maximum Gasteiger partial charge on any atom is 0.150 e. The predicted molar refractivity (Wildman–Crippen MR) is 87.6 cm³/mol. The first-order valence-corrected chi connectivity index (χ1v) is 7.30. The number of aliphatic imine (C=N–C) groups is 1. The van der Waals surface area contributed by atoms with Gasteiger partial charge in [0, 0.05) is 23.7 Å². The number of hydrogen-bond donors (Lipinski definition) is 0. The van der Waals surface area contributed by atoms with E-state index in [2.05, 4.69) is 38.2 Å². The summed E-state index contributed by atoms with van der Waals surface area (Å²) in [7, 11) is 0. The number of para-hydroxylation sites is 1. The van der Waals surface area contributed by atoms with E-state index in [9.17, 15) is 0 Å². The van der Waals surface area contributed by atoms with Crippen molar-refractivity contribution >= 4 is 33.7 Å². The minimum Gasteiger partial charge on any atom is -0.263 e. The first kappa shape index (κ1) is 13.1. The first-order chi connectivity index (χ1) is 9.81. The number of anilines is 1. The highest BCUT2D eigenvalue weighted by molar-refractivity contribution is 9.10. The molecule has 3 rings (SSSR count). The van der Waals surface area contributed by atoms with Crippen molar-refractivity contribution in [3.8, 4) is 0 Å². The van der Waals surface area contributed by atoms with E-state index in [0.29, 0.717) is 0 Å². The van der Waals surface area contributed by atoms with Crippen molar-refractivity contribution < 1.29 is 0 Å². The lowest BCUT2D eigenvalue weighted by molar-refractivity contribution is 0.922. The number of hydrazone groups is 1. The van der Waals surface area contributed by atoms with E-state index in [-0.39, 0.29) is 0 Å². The number of benzene rings is 2. The summed E-state index contributed by atoms with van der Waals surface area (Å²) in [6.07, 6.45) is 2.74. The molecule has 4 heteroatoms. The maximum atomic E-state index is 4.53. The summed E-state index contributed by atoms with van der Waals surface area (Å²) in [5.74, 6) is 0.872. The van der Waals surface area contributed by atoms with Gasteiger partial charge in [-0.2, -0.15) is 5.10 Å². The molecular formula is C16H14BrN3. The maximum absolute atomic E-state index is 4.53. The van der Waals surface area contributed by atoms with Crippen LogP contribution in [0.5, 0.6) is 0 Å². The lowest BCUT2D eigenvalue weighted by atomic mass is 10.2. The molecule has 0 saturated carbocycles. The van der Waals surface area contributed by atoms with Gasteiger partial charge in [-0.1, -0.05) is 46.3 Å². The fourth-order valence-corrected chi connectivity index (χ4v) is 2.28. The molecular weight excluding hydrogens is 314 g/mol. The minimum atomic E-state index is 0.872. The highest BCUT2D eigenvalue weighted by atomic mass is 79.9. The lowest BCUT2D eigenvalue weighted by Crippen LogP contribution is -2.11. The van der Waals surface area contributed by atoms with Crippen LogP contribution in [-0.2, 0) is 0 Å². The molecule has 0 radical (unpaired) electrons. The fraction of sp³-hybridized carbons (Fsp3) is 0.125. The van der Waals surface area contributed by atoms with Crippen molar-refractivity contribution in [2.45, 2.75) is 6.42 Å². The fourth-order valence-electron chi connectivity index (χ4n) is 2.02. The van der Waals surface area contributed by atoms with Gasteiger partial charge >= 0.3 is 0 Å². The Morgan fingerprint density at radius 1 is 1.05 bits per heavy atom. The van der Waals surface area contributed by atoms with Crippen molar-refractivity contribution in [1.82, 2.24) is 0 Å².